The number of nitrogens with zero attached hydrogens (tertiary/aromatic N) is 3. The molecule has 1 aromatic carbocycles. The first kappa shape index (κ1) is 20.8. The maximum Gasteiger partial charge on any atom is 0.194 e. The number of nitrogens with two attached hydrogens (primary N) is 1. The minimum atomic E-state index is -1.66. The molecule has 31 heavy (non-hydrogen) atoms. The monoisotopic (exact) mass is 474 g/mol. The maximum atomic E-state index is 10.0. The van der Waals surface area contributed by atoms with E-state index in [1.54, 1.807) is 12.1 Å². The van der Waals surface area contributed by atoms with Crippen LogP contribution in [0.15, 0.2) is 68.2 Å². The van der Waals surface area contributed by atoms with Crippen molar-refractivity contribution >= 4 is 15.9 Å². The Kier molecular flexibility index (Phi) is 5.59. The summed E-state index contributed by atoms with van der Waals surface area (Å²) in [6, 6.07) is 17.4. The fraction of sp³-hybridized carbons (Fsp3) is 0.292. The van der Waals surface area contributed by atoms with Crippen LogP contribution in [0.2, 0.25) is 0 Å². The molecule has 0 amide bonds. The first-order chi connectivity index (χ1) is 15.0. The minimum Gasteiger partial charge on any atom is -0.486 e. The Balaban J connectivity index is 1.70. The summed E-state index contributed by atoms with van der Waals surface area (Å²) in [5.41, 5.74) is 5.71. The number of ether oxygens (including phenoxy) is 1. The van der Waals surface area contributed by atoms with Crippen molar-refractivity contribution in [3.05, 3.63) is 75.3 Å². The van der Waals surface area contributed by atoms with E-state index in [-0.39, 0.29) is 23.8 Å². The largest absolute Gasteiger partial charge is 0.486 e. The van der Waals surface area contributed by atoms with Crippen LogP contribution < -0.4 is 10.5 Å². The van der Waals surface area contributed by atoms with Crippen molar-refractivity contribution in [2.24, 2.45) is 17.1 Å². The van der Waals surface area contributed by atoms with Crippen molar-refractivity contribution in [2.75, 3.05) is 0 Å². The Bertz CT molecular complexity index is 1170. The van der Waals surface area contributed by atoms with Crippen LogP contribution in [-0.2, 0) is 6.61 Å². The van der Waals surface area contributed by atoms with Gasteiger partial charge in [0, 0.05) is 4.47 Å². The average Bonchev–Trinajstić information content (AvgIpc) is 3.26. The Morgan fingerprint density at radius 2 is 1.87 bits per heavy atom. The van der Waals surface area contributed by atoms with Gasteiger partial charge in [0.2, 0.25) is 0 Å². The molecule has 0 spiro atoms. The zero-order valence-electron chi connectivity index (χ0n) is 16.6. The number of fused-ring (bicyclic) bond motifs is 1. The summed E-state index contributed by atoms with van der Waals surface area (Å²) >= 11 is 3.39. The molecule has 0 saturated carbocycles. The van der Waals surface area contributed by atoms with E-state index in [2.05, 4.69) is 34.1 Å². The van der Waals surface area contributed by atoms with Crippen molar-refractivity contribution in [3.8, 4) is 24.0 Å². The van der Waals surface area contributed by atoms with Crippen LogP contribution in [0.5, 0.6) is 5.75 Å². The second kappa shape index (κ2) is 8.34. The lowest BCUT2D eigenvalue weighted by Crippen LogP contribution is -2.42. The number of allylic oxidation sites excluding steroid dienone is 4. The fourth-order valence-corrected chi connectivity index (χ4v) is 4.77. The van der Waals surface area contributed by atoms with Crippen molar-refractivity contribution in [2.45, 2.75) is 31.8 Å². The average molecular weight is 475 g/mol. The summed E-state index contributed by atoms with van der Waals surface area (Å²) < 4.78 is 12.8. The summed E-state index contributed by atoms with van der Waals surface area (Å²) in [5.74, 6) is 1.02. The molecule has 0 bridgehead atoms. The third-order valence-electron chi connectivity index (χ3n) is 5.98. The molecule has 0 aliphatic heterocycles. The van der Waals surface area contributed by atoms with Crippen molar-refractivity contribution in [3.63, 3.8) is 0 Å². The number of furan rings is 1. The van der Waals surface area contributed by atoms with Gasteiger partial charge in [-0.3, -0.25) is 0 Å². The molecule has 0 fully saturated rings. The molecule has 2 atom stereocenters. The van der Waals surface area contributed by atoms with Gasteiger partial charge in [-0.25, -0.2) is 0 Å². The zero-order chi connectivity index (χ0) is 22.0. The molecule has 0 saturated heterocycles. The molecule has 0 radical (unpaired) electrons. The van der Waals surface area contributed by atoms with Gasteiger partial charge in [0.15, 0.2) is 5.41 Å². The molecule has 1 aromatic heterocycles. The predicted octanol–water partition coefficient (Wildman–Crippen LogP) is 5.21. The van der Waals surface area contributed by atoms with Gasteiger partial charge in [0.05, 0.1) is 29.3 Å². The molecule has 4 rings (SSSR count). The van der Waals surface area contributed by atoms with E-state index in [4.69, 9.17) is 14.9 Å². The van der Waals surface area contributed by atoms with Crippen molar-refractivity contribution in [1.82, 2.24) is 0 Å². The first-order valence-corrected chi connectivity index (χ1v) is 10.7. The molecule has 6 nitrogen and oxygen atoms in total. The molecule has 0 unspecified atom stereocenters. The molecular weight excluding hydrogens is 456 g/mol. The van der Waals surface area contributed by atoms with E-state index < -0.39 is 11.3 Å². The lowest BCUT2D eigenvalue weighted by molar-refractivity contribution is 0.238. The summed E-state index contributed by atoms with van der Waals surface area (Å²) in [6.45, 7) is 0.211. The van der Waals surface area contributed by atoms with Crippen LogP contribution in [0.1, 0.15) is 36.7 Å². The van der Waals surface area contributed by atoms with Crippen LogP contribution in [0, 0.1) is 45.3 Å². The molecule has 2 aliphatic rings. The minimum absolute atomic E-state index is 0.0125. The molecule has 2 aliphatic carbocycles. The Morgan fingerprint density at radius 3 is 2.55 bits per heavy atom. The van der Waals surface area contributed by atoms with Gasteiger partial charge in [0.25, 0.3) is 0 Å². The van der Waals surface area contributed by atoms with E-state index in [9.17, 15) is 15.8 Å². The lowest BCUT2D eigenvalue weighted by atomic mass is 9.58. The smallest absolute Gasteiger partial charge is 0.194 e. The van der Waals surface area contributed by atoms with E-state index in [1.165, 1.54) is 0 Å². The maximum absolute atomic E-state index is 10.0. The molecule has 154 valence electrons. The fourth-order valence-electron chi connectivity index (χ4n) is 4.50. The van der Waals surface area contributed by atoms with Gasteiger partial charge in [-0.05, 0) is 67.2 Å². The SMILES string of the molecule is N#CC1=C(N)C(C#N)(C#N)[C@@H](c2ccc(COc3ccc(Br)cc3)o2)[C@H]2CCCC=C12. The van der Waals surface area contributed by atoms with Gasteiger partial charge in [-0.1, -0.05) is 22.0 Å². The van der Waals surface area contributed by atoms with E-state index in [1.807, 2.05) is 30.3 Å². The standard InChI is InChI=1S/C24H19BrN4O2/c25-15-5-7-16(8-6-15)30-12-17-9-10-21(31-17)22-19-4-2-1-3-18(19)20(11-26)23(29)24(22,13-27)14-28/h3,5-10,19,22H,1-2,4,12,29H2/t19-,22+/m0/s1. The van der Waals surface area contributed by atoms with Crippen molar-refractivity contribution < 1.29 is 9.15 Å². The van der Waals surface area contributed by atoms with E-state index in [0.29, 0.717) is 17.3 Å². The molecule has 2 N–H and O–H groups in total. The molecular formula is C24H19BrN4O2. The highest BCUT2D eigenvalue weighted by Crippen LogP contribution is 2.55. The molecule has 2 aromatic rings. The highest BCUT2D eigenvalue weighted by molar-refractivity contribution is 9.10. The van der Waals surface area contributed by atoms with E-state index >= 15 is 0 Å². The second-order valence-corrected chi connectivity index (χ2v) is 8.57. The highest BCUT2D eigenvalue weighted by Gasteiger charge is 2.55. The summed E-state index contributed by atoms with van der Waals surface area (Å²) in [5, 5.41) is 29.8. The number of halogens is 1. The Labute approximate surface area is 188 Å². The topological polar surface area (TPSA) is 120 Å². The Hall–Kier alpha value is -3.47. The van der Waals surface area contributed by atoms with Gasteiger partial charge < -0.3 is 14.9 Å². The molecule has 1 heterocycles. The van der Waals surface area contributed by atoms with Crippen LogP contribution in [0.4, 0.5) is 0 Å². The number of nitriles is 3. The number of rotatable bonds is 4. The highest BCUT2D eigenvalue weighted by atomic mass is 79.9. The number of hydrogen-bond donors (Lipinski definition) is 1. The Morgan fingerprint density at radius 1 is 1.13 bits per heavy atom. The number of benzene rings is 1. The normalized spacial score (nSPS) is 21.8. The summed E-state index contributed by atoms with van der Waals surface area (Å²) in [4.78, 5) is 0. The molecule has 7 heteroatoms. The van der Waals surface area contributed by atoms with E-state index in [0.717, 1.165) is 29.3 Å². The third kappa shape index (κ3) is 3.50. The second-order valence-electron chi connectivity index (χ2n) is 7.65. The van der Waals surface area contributed by atoms with Crippen LogP contribution in [0.25, 0.3) is 0 Å². The van der Waals surface area contributed by atoms with Gasteiger partial charge in [0.1, 0.15) is 29.9 Å². The van der Waals surface area contributed by atoms with Gasteiger partial charge >= 0.3 is 0 Å². The first-order valence-electron chi connectivity index (χ1n) is 9.94. The summed E-state index contributed by atoms with van der Waals surface area (Å²) in [6.07, 6.45) is 4.52. The predicted molar refractivity (Wildman–Crippen MR) is 116 cm³/mol. The third-order valence-corrected chi connectivity index (χ3v) is 6.51. The summed E-state index contributed by atoms with van der Waals surface area (Å²) in [7, 11) is 0. The van der Waals surface area contributed by atoms with Gasteiger partial charge in [-0.2, -0.15) is 15.8 Å². The zero-order valence-corrected chi connectivity index (χ0v) is 18.2. The number of hydrogen-bond acceptors (Lipinski definition) is 6. The van der Waals surface area contributed by atoms with Crippen LogP contribution in [0.3, 0.4) is 0 Å². The van der Waals surface area contributed by atoms with Gasteiger partial charge in [-0.15, -0.1) is 0 Å². The van der Waals surface area contributed by atoms with Crippen molar-refractivity contribution in [1.29, 1.82) is 15.8 Å². The van der Waals surface area contributed by atoms with Crippen LogP contribution >= 0.6 is 15.9 Å². The van der Waals surface area contributed by atoms with Crippen LogP contribution in [-0.4, -0.2) is 0 Å². The quantitative estimate of drug-likeness (QED) is 0.648. The lowest BCUT2D eigenvalue weighted by Gasteiger charge is -2.42.